The Morgan fingerprint density at radius 2 is 2.00 bits per heavy atom. The van der Waals surface area contributed by atoms with Gasteiger partial charge >= 0.3 is 0 Å². The average molecular weight is 355 g/mol. The van der Waals surface area contributed by atoms with Crippen LogP contribution in [0.15, 0.2) is 34.5 Å². The van der Waals surface area contributed by atoms with Gasteiger partial charge in [-0.1, -0.05) is 18.7 Å². The molecule has 0 bridgehead atoms. The van der Waals surface area contributed by atoms with E-state index in [1.807, 2.05) is 28.9 Å². The fourth-order valence-corrected chi connectivity index (χ4v) is 2.77. The standard InChI is InChI=1S/C13H14N4OS.BrH/c1-3-12-14-15-13-17(12)16-11(8-19-13)9-4-6-10(18-2)7-5-9;/h4-7H,3,8H2,1-2H3;1H. The third kappa shape index (κ3) is 2.73. The maximum Gasteiger partial charge on any atom is 0.212 e. The van der Waals surface area contributed by atoms with E-state index in [1.54, 1.807) is 18.9 Å². The first-order valence-corrected chi connectivity index (χ1v) is 7.09. The minimum atomic E-state index is 0. The molecule has 20 heavy (non-hydrogen) atoms. The molecule has 0 unspecified atom stereocenters. The van der Waals surface area contributed by atoms with E-state index in [4.69, 9.17) is 4.74 Å². The molecule has 7 heteroatoms. The second kappa shape index (κ2) is 6.41. The Morgan fingerprint density at radius 3 is 2.65 bits per heavy atom. The number of aryl methyl sites for hydroxylation is 1. The zero-order chi connectivity index (χ0) is 13.2. The van der Waals surface area contributed by atoms with Crippen molar-refractivity contribution in [1.29, 1.82) is 0 Å². The van der Waals surface area contributed by atoms with Crippen LogP contribution < -0.4 is 4.74 Å². The number of hydrogen-bond donors (Lipinski definition) is 0. The van der Waals surface area contributed by atoms with Crippen LogP contribution in [0.1, 0.15) is 18.3 Å². The second-order valence-corrected chi connectivity index (χ2v) is 5.07. The predicted molar refractivity (Wildman–Crippen MR) is 85.4 cm³/mol. The van der Waals surface area contributed by atoms with Crippen molar-refractivity contribution in [1.82, 2.24) is 14.9 Å². The number of thioether (sulfide) groups is 1. The van der Waals surface area contributed by atoms with Gasteiger partial charge < -0.3 is 4.74 Å². The molecule has 0 fully saturated rings. The van der Waals surface area contributed by atoms with Crippen molar-refractivity contribution < 1.29 is 4.74 Å². The number of methoxy groups -OCH3 is 1. The van der Waals surface area contributed by atoms with Crippen LogP contribution >= 0.6 is 28.7 Å². The van der Waals surface area contributed by atoms with Gasteiger partial charge in [0.15, 0.2) is 5.82 Å². The average Bonchev–Trinajstić information content (AvgIpc) is 2.89. The van der Waals surface area contributed by atoms with Crippen LogP contribution in [0.5, 0.6) is 5.75 Å². The van der Waals surface area contributed by atoms with Crippen LogP contribution in [0, 0.1) is 0 Å². The van der Waals surface area contributed by atoms with Crippen molar-refractivity contribution >= 4 is 34.5 Å². The van der Waals surface area contributed by atoms with Gasteiger partial charge in [0.2, 0.25) is 5.16 Å². The third-order valence-electron chi connectivity index (χ3n) is 2.97. The minimum Gasteiger partial charge on any atom is -0.497 e. The number of ether oxygens (including phenoxy) is 1. The molecule has 0 atom stereocenters. The smallest absolute Gasteiger partial charge is 0.212 e. The van der Waals surface area contributed by atoms with Crippen LogP contribution in [0.2, 0.25) is 0 Å². The first kappa shape index (κ1) is 15.1. The predicted octanol–water partition coefficient (Wildman–Crippen LogP) is 2.79. The number of halogens is 1. The number of rotatable bonds is 3. The van der Waals surface area contributed by atoms with Crippen molar-refractivity contribution in [2.24, 2.45) is 5.10 Å². The van der Waals surface area contributed by atoms with Gasteiger partial charge in [0.1, 0.15) is 5.75 Å². The summed E-state index contributed by atoms with van der Waals surface area (Å²) in [5, 5.41) is 13.8. The lowest BCUT2D eigenvalue weighted by Gasteiger charge is -2.13. The molecule has 5 nitrogen and oxygen atoms in total. The number of aromatic nitrogens is 3. The summed E-state index contributed by atoms with van der Waals surface area (Å²) in [5.41, 5.74) is 2.14. The molecular formula is C13H15BrN4OS. The van der Waals surface area contributed by atoms with Crippen molar-refractivity contribution in [3.8, 4) is 5.75 Å². The van der Waals surface area contributed by atoms with Gasteiger partial charge in [0, 0.05) is 12.2 Å². The molecule has 0 radical (unpaired) electrons. The van der Waals surface area contributed by atoms with Gasteiger partial charge in [-0.15, -0.1) is 27.2 Å². The summed E-state index contributed by atoms with van der Waals surface area (Å²) in [5.74, 6) is 2.56. The summed E-state index contributed by atoms with van der Waals surface area (Å²) in [6.45, 7) is 2.05. The Balaban J connectivity index is 0.00000147. The molecule has 106 valence electrons. The fourth-order valence-electron chi connectivity index (χ4n) is 1.91. The highest BCUT2D eigenvalue weighted by Crippen LogP contribution is 2.24. The van der Waals surface area contributed by atoms with Gasteiger partial charge in [0.05, 0.1) is 12.8 Å². The van der Waals surface area contributed by atoms with E-state index < -0.39 is 0 Å². The number of nitrogens with zero attached hydrogens (tertiary/aromatic N) is 4. The van der Waals surface area contributed by atoms with Gasteiger partial charge in [0.25, 0.3) is 0 Å². The molecule has 0 saturated carbocycles. The molecule has 0 saturated heterocycles. The zero-order valence-corrected chi connectivity index (χ0v) is 13.8. The normalized spacial score (nSPS) is 13.2. The van der Waals surface area contributed by atoms with Crippen LogP contribution in [0.4, 0.5) is 0 Å². The Morgan fingerprint density at radius 1 is 1.25 bits per heavy atom. The van der Waals surface area contributed by atoms with E-state index in [-0.39, 0.29) is 17.0 Å². The van der Waals surface area contributed by atoms with E-state index in [2.05, 4.69) is 22.2 Å². The van der Waals surface area contributed by atoms with Gasteiger partial charge in [-0.2, -0.15) is 9.78 Å². The highest BCUT2D eigenvalue weighted by Gasteiger charge is 2.18. The van der Waals surface area contributed by atoms with E-state index in [0.29, 0.717) is 0 Å². The maximum atomic E-state index is 5.17. The molecule has 0 aliphatic carbocycles. The highest BCUT2D eigenvalue weighted by molar-refractivity contribution is 8.93. The summed E-state index contributed by atoms with van der Waals surface area (Å²) in [7, 11) is 1.67. The Hall–Kier alpha value is -1.34. The molecule has 0 spiro atoms. The maximum absolute atomic E-state index is 5.17. The lowest BCUT2D eigenvalue weighted by molar-refractivity contribution is 0.415. The van der Waals surface area contributed by atoms with Crippen LogP contribution in [-0.4, -0.2) is 33.4 Å². The highest BCUT2D eigenvalue weighted by atomic mass is 79.9. The molecule has 3 rings (SSSR count). The van der Waals surface area contributed by atoms with Gasteiger partial charge in [-0.25, -0.2) is 0 Å². The van der Waals surface area contributed by atoms with Gasteiger partial charge in [-0.05, 0) is 29.8 Å². The molecule has 0 amide bonds. The molecule has 0 N–H and O–H groups in total. The Kier molecular flexibility index (Phi) is 4.82. The SMILES string of the molecule is Br.CCc1nnc2n1N=C(c1ccc(OC)cc1)CS2. The van der Waals surface area contributed by atoms with E-state index in [9.17, 15) is 0 Å². The summed E-state index contributed by atoms with van der Waals surface area (Å²) >= 11 is 1.67. The summed E-state index contributed by atoms with van der Waals surface area (Å²) < 4.78 is 7.01. The number of benzene rings is 1. The monoisotopic (exact) mass is 354 g/mol. The molecular weight excluding hydrogens is 340 g/mol. The zero-order valence-electron chi connectivity index (χ0n) is 11.2. The first-order chi connectivity index (χ1) is 9.31. The summed E-state index contributed by atoms with van der Waals surface area (Å²) in [6.07, 6.45) is 0.826. The van der Waals surface area contributed by atoms with Crippen molar-refractivity contribution in [2.45, 2.75) is 18.5 Å². The van der Waals surface area contributed by atoms with Crippen LogP contribution in [-0.2, 0) is 6.42 Å². The van der Waals surface area contributed by atoms with Crippen LogP contribution in [0.25, 0.3) is 0 Å². The van der Waals surface area contributed by atoms with Gasteiger partial charge in [-0.3, -0.25) is 0 Å². The lowest BCUT2D eigenvalue weighted by atomic mass is 10.1. The van der Waals surface area contributed by atoms with E-state index in [0.717, 1.165) is 40.2 Å². The summed E-state index contributed by atoms with van der Waals surface area (Å²) in [4.78, 5) is 0. The number of fused-ring (bicyclic) bond motifs is 1. The first-order valence-electron chi connectivity index (χ1n) is 6.11. The third-order valence-corrected chi connectivity index (χ3v) is 3.91. The second-order valence-electron chi connectivity index (χ2n) is 4.13. The minimum absolute atomic E-state index is 0. The molecule has 1 aliphatic rings. The van der Waals surface area contributed by atoms with E-state index >= 15 is 0 Å². The molecule has 1 aromatic heterocycles. The van der Waals surface area contributed by atoms with Crippen molar-refractivity contribution in [3.05, 3.63) is 35.7 Å². The molecule has 2 heterocycles. The fraction of sp³-hybridized carbons (Fsp3) is 0.308. The molecule has 1 aromatic carbocycles. The number of hydrogen-bond acceptors (Lipinski definition) is 5. The molecule has 1 aliphatic heterocycles. The summed E-state index contributed by atoms with van der Waals surface area (Å²) in [6, 6.07) is 7.95. The van der Waals surface area contributed by atoms with Crippen molar-refractivity contribution in [2.75, 3.05) is 12.9 Å². The van der Waals surface area contributed by atoms with Crippen molar-refractivity contribution in [3.63, 3.8) is 0 Å². The lowest BCUT2D eigenvalue weighted by Crippen LogP contribution is -2.14. The largest absolute Gasteiger partial charge is 0.497 e. The van der Waals surface area contributed by atoms with Crippen LogP contribution in [0.3, 0.4) is 0 Å². The molecule has 2 aromatic rings. The Bertz CT molecular complexity index is 624. The van der Waals surface area contributed by atoms with E-state index in [1.165, 1.54) is 0 Å². The topological polar surface area (TPSA) is 52.3 Å². The Labute approximate surface area is 132 Å². The quantitative estimate of drug-likeness (QED) is 0.850.